The van der Waals surface area contributed by atoms with Crippen LogP contribution in [0.5, 0.6) is 11.5 Å². The molecule has 21 heavy (non-hydrogen) atoms. The number of rotatable bonds is 7. The Hall–Kier alpha value is -2.14. The Bertz CT molecular complexity index is 561. The average molecular weight is 287 g/mol. The molecule has 1 heterocycles. The first-order valence-corrected chi connectivity index (χ1v) is 7.02. The van der Waals surface area contributed by atoms with Crippen LogP contribution in [0.25, 0.3) is 0 Å². The predicted molar refractivity (Wildman–Crippen MR) is 81.7 cm³/mol. The van der Waals surface area contributed by atoms with Crippen LogP contribution in [0.1, 0.15) is 30.5 Å². The molecule has 0 aliphatic rings. The molecule has 1 atom stereocenters. The minimum absolute atomic E-state index is 0.00880. The molecule has 2 rings (SSSR count). The quantitative estimate of drug-likeness (QED) is 0.848. The number of nitrogens with zero attached hydrogens (tertiary/aromatic N) is 2. The Balaban J connectivity index is 2.44. The monoisotopic (exact) mass is 287 g/mol. The van der Waals surface area contributed by atoms with Crippen LogP contribution >= 0.6 is 0 Å². The van der Waals surface area contributed by atoms with Gasteiger partial charge in [-0.3, -0.25) is 0 Å². The number of benzene rings is 1. The Morgan fingerprint density at radius 3 is 2.62 bits per heavy atom. The van der Waals surface area contributed by atoms with Crippen molar-refractivity contribution in [3.05, 3.63) is 47.8 Å². The number of hydrogen-bond donors (Lipinski definition) is 1. The van der Waals surface area contributed by atoms with Crippen molar-refractivity contribution in [1.82, 2.24) is 15.5 Å². The van der Waals surface area contributed by atoms with E-state index in [2.05, 4.69) is 22.4 Å². The van der Waals surface area contributed by atoms with Gasteiger partial charge in [-0.15, -0.1) is 0 Å². The van der Waals surface area contributed by atoms with Gasteiger partial charge in [-0.25, -0.2) is 0 Å². The molecule has 0 aliphatic carbocycles. The fourth-order valence-corrected chi connectivity index (χ4v) is 2.23. The lowest BCUT2D eigenvalue weighted by atomic mass is 9.99. The van der Waals surface area contributed by atoms with Gasteiger partial charge in [0.25, 0.3) is 0 Å². The van der Waals surface area contributed by atoms with Crippen molar-refractivity contribution in [1.29, 1.82) is 0 Å². The molecule has 5 heteroatoms. The maximum Gasteiger partial charge on any atom is 0.124 e. The maximum atomic E-state index is 5.50. The lowest BCUT2D eigenvalue weighted by Gasteiger charge is -2.22. The molecule has 1 unspecified atom stereocenters. The van der Waals surface area contributed by atoms with Crippen LogP contribution < -0.4 is 14.8 Å². The van der Waals surface area contributed by atoms with Crippen LogP contribution in [-0.2, 0) is 0 Å². The molecule has 2 aromatic rings. The molecule has 5 nitrogen and oxygen atoms in total. The Kier molecular flexibility index (Phi) is 5.51. The van der Waals surface area contributed by atoms with Crippen LogP contribution in [0.2, 0.25) is 0 Å². The second-order valence-electron chi connectivity index (χ2n) is 4.67. The number of nitrogens with one attached hydrogen (secondary N) is 1. The molecule has 0 saturated carbocycles. The second kappa shape index (κ2) is 7.59. The minimum atomic E-state index is -0.00880. The summed E-state index contributed by atoms with van der Waals surface area (Å²) >= 11 is 0. The number of methoxy groups -OCH3 is 2. The third-order valence-corrected chi connectivity index (χ3v) is 3.29. The highest BCUT2D eigenvalue weighted by Gasteiger charge is 2.19. The molecule has 0 radical (unpaired) electrons. The molecule has 0 saturated heterocycles. The molecule has 0 amide bonds. The van der Waals surface area contributed by atoms with Crippen molar-refractivity contribution in [2.75, 3.05) is 20.8 Å². The Morgan fingerprint density at radius 2 is 2.00 bits per heavy atom. The van der Waals surface area contributed by atoms with Crippen molar-refractivity contribution in [2.45, 2.75) is 19.4 Å². The SMILES string of the molecule is CCCNC(c1ccnnc1)c1cc(OC)ccc1OC. The van der Waals surface area contributed by atoms with Gasteiger partial charge < -0.3 is 14.8 Å². The van der Waals surface area contributed by atoms with Gasteiger partial charge in [0.1, 0.15) is 11.5 Å². The summed E-state index contributed by atoms with van der Waals surface area (Å²) < 4.78 is 10.8. The van der Waals surface area contributed by atoms with E-state index < -0.39 is 0 Å². The van der Waals surface area contributed by atoms with E-state index in [1.54, 1.807) is 26.6 Å². The molecule has 0 spiro atoms. The third-order valence-electron chi connectivity index (χ3n) is 3.29. The average Bonchev–Trinajstić information content (AvgIpc) is 2.56. The second-order valence-corrected chi connectivity index (χ2v) is 4.67. The highest BCUT2D eigenvalue weighted by atomic mass is 16.5. The standard InChI is InChI=1S/C16H21N3O2/c1-4-8-17-16(12-7-9-18-19-11-12)14-10-13(20-2)5-6-15(14)21-3/h5-7,9-11,16-17H,4,8H2,1-3H3. The fourth-order valence-electron chi connectivity index (χ4n) is 2.23. The molecule has 1 aromatic heterocycles. The molecule has 0 fully saturated rings. The summed E-state index contributed by atoms with van der Waals surface area (Å²) in [6.07, 6.45) is 4.51. The minimum Gasteiger partial charge on any atom is -0.497 e. The highest BCUT2D eigenvalue weighted by Crippen LogP contribution is 2.32. The Labute approximate surface area is 125 Å². The van der Waals surface area contributed by atoms with Crippen molar-refractivity contribution >= 4 is 0 Å². The van der Waals surface area contributed by atoms with Gasteiger partial charge >= 0.3 is 0 Å². The van der Waals surface area contributed by atoms with E-state index in [0.29, 0.717) is 0 Å². The van der Waals surface area contributed by atoms with E-state index in [0.717, 1.165) is 35.6 Å². The summed E-state index contributed by atoms with van der Waals surface area (Å²) in [6, 6.07) is 7.75. The predicted octanol–water partition coefficient (Wildman–Crippen LogP) is 2.58. The van der Waals surface area contributed by atoms with Gasteiger partial charge in [0.05, 0.1) is 26.5 Å². The van der Waals surface area contributed by atoms with Gasteiger partial charge in [-0.2, -0.15) is 10.2 Å². The van der Waals surface area contributed by atoms with Crippen LogP contribution in [0.3, 0.4) is 0 Å². The zero-order valence-corrected chi connectivity index (χ0v) is 12.7. The lowest BCUT2D eigenvalue weighted by molar-refractivity contribution is 0.393. The van der Waals surface area contributed by atoms with Crippen LogP contribution in [0.15, 0.2) is 36.7 Å². The molecular formula is C16H21N3O2. The first kappa shape index (κ1) is 15.3. The van der Waals surface area contributed by atoms with E-state index in [-0.39, 0.29) is 6.04 Å². The summed E-state index contributed by atoms with van der Waals surface area (Å²) in [5, 5.41) is 11.3. The van der Waals surface area contributed by atoms with Crippen LogP contribution in [0.4, 0.5) is 0 Å². The maximum absolute atomic E-state index is 5.50. The summed E-state index contributed by atoms with van der Waals surface area (Å²) in [5.41, 5.74) is 2.07. The van der Waals surface area contributed by atoms with Gasteiger partial charge in [0.2, 0.25) is 0 Å². The first-order chi connectivity index (χ1) is 10.3. The van der Waals surface area contributed by atoms with Crippen molar-refractivity contribution in [3.8, 4) is 11.5 Å². The summed E-state index contributed by atoms with van der Waals surface area (Å²) in [4.78, 5) is 0. The van der Waals surface area contributed by atoms with Crippen LogP contribution in [-0.4, -0.2) is 31.0 Å². The first-order valence-electron chi connectivity index (χ1n) is 7.02. The summed E-state index contributed by atoms with van der Waals surface area (Å²) in [5.74, 6) is 1.62. The van der Waals surface area contributed by atoms with E-state index >= 15 is 0 Å². The van der Waals surface area contributed by atoms with Crippen molar-refractivity contribution in [3.63, 3.8) is 0 Å². The third kappa shape index (κ3) is 3.70. The zero-order valence-electron chi connectivity index (χ0n) is 12.7. The molecule has 0 bridgehead atoms. The molecular weight excluding hydrogens is 266 g/mol. The van der Waals surface area contributed by atoms with Gasteiger partial charge in [0.15, 0.2) is 0 Å². The van der Waals surface area contributed by atoms with Crippen molar-refractivity contribution < 1.29 is 9.47 Å². The van der Waals surface area contributed by atoms with E-state index in [4.69, 9.17) is 9.47 Å². The Morgan fingerprint density at radius 1 is 1.14 bits per heavy atom. The van der Waals surface area contributed by atoms with Gasteiger partial charge in [-0.05, 0) is 42.8 Å². The summed E-state index contributed by atoms with van der Waals surface area (Å²) in [7, 11) is 3.33. The number of ether oxygens (including phenoxy) is 2. The lowest BCUT2D eigenvalue weighted by Crippen LogP contribution is -2.24. The van der Waals surface area contributed by atoms with E-state index in [1.165, 1.54) is 0 Å². The number of hydrogen-bond acceptors (Lipinski definition) is 5. The van der Waals surface area contributed by atoms with E-state index in [9.17, 15) is 0 Å². The number of aromatic nitrogens is 2. The topological polar surface area (TPSA) is 56.3 Å². The molecule has 1 N–H and O–H groups in total. The summed E-state index contributed by atoms with van der Waals surface area (Å²) in [6.45, 7) is 3.03. The molecule has 112 valence electrons. The normalized spacial score (nSPS) is 12.0. The van der Waals surface area contributed by atoms with Crippen molar-refractivity contribution in [2.24, 2.45) is 0 Å². The van der Waals surface area contributed by atoms with Crippen LogP contribution in [0, 0.1) is 0 Å². The zero-order chi connectivity index (χ0) is 15.1. The molecule has 0 aliphatic heterocycles. The highest BCUT2D eigenvalue weighted by molar-refractivity contribution is 5.45. The fraction of sp³-hybridized carbons (Fsp3) is 0.375. The van der Waals surface area contributed by atoms with Gasteiger partial charge in [0, 0.05) is 11.8 Å². The molecule has 1 aromatic carbocycles. The van der Waals surface area contributed by atoms with Gasteiger partial charge in [-0.1, -0.05) is 6.92 Å². The van der Waals surface area contributed by atoms with E-state index in [1.807, 2.05) is 24.3 Å². The largest absolute Gasteiger partial charge is 0.497 e. The smallest absolute Gasteiger partial charge is 0.124 e.